The molecule has 1 N–H and O–H groups in total. The topological polar surface area (TPSA) is 58.4 Å². The van der Waals surface area contributed by atoms with E-state index in [1.54, 1.807) is 12.1 Å². The molecule has 26 heavy (non-hydrogen) atoms. The second kappa shape index (κ2) is 7.58. The second-order valence-electron chi connectivity index (χ2n) is 7.43. The number of carbonyl (C=O) groups is 1. The Morgan fingerprint density at radius 1 is 1.31 bits per heavy atom. The molecule has 0 saturated carbocycles. The molecule has 1 fully saturated rings. The summed E-state index contributed by atoms with van der Waals surface area (Å²) < 4.78 is 15.0. The van der Waals surface area contributed by atoms with Crippen LogP contribution in [0.4, 0.5) is 4.39 Å². The van der Waals surface area contributed by atoms with Gasteiger partial charge in [0.1, 0.15) is 5.82 Å². The average molecular weight is 359 g/mol. The lowest BCUT2D eigenvalue weighted by atomic mass is 9.81. The minimum absolute atomic E-state index is 0.0195. The highest BCUT2D eigenvalue weighted by atomic mass is 19.1. The van der Waals surface area contributed by atoms with Crippen molar-refractivity contribution in [1.82, 2.24) is 14.7 Å². The van der Waals surface area contributed by atoms with Gasteiger partial charge in [0, 0.05) is 37.2 Å². The first-order valence-electron chi connectivity index (χ1n) is 9.05. The summed E-state index contributed by atoms with van der Waals surface area (Å²) in [4.78, 5) is 14.4. The van der Waals surface area contributed by atoms with Gasteiger partial charge in [0.15, 0.2) is 0 Å². The van der Waals surface area contributed by atoms with Gasteiger partial charge in [-0.3, -0.25) is 9.48 Å². The van der Waals surface area contributed by atoms with Crippen LogP contribution in [0, 0.1) is 25.1 Å². The Bertz CT molecular complexity index is 772. The fourth-order valence-electron chi connectivity index (χ4n) is 3.77. The number of hydrogen-bond donors (Lipinski definition) is 1. The van der Waals surface area contributed by atoms with E-state index in [0.29, 0.717) is 32.5 Å². The monoisotopic (exact) mass is 359 g/mol. The average Bonchev–Trinajstić information content (AvgIpc) is 3.18. The van der Waals surface area contributed by atoms with Crippen LogP contribution in [0.25, 0.3) is 0 Å². The number of amides is 1. The smallest absolute Gasteiger partial charge is 0.224 e. The second-order valence-corrected chi connectivity index (χ2v) is 7.43. The normalized spacial score (nSPS) is 19.9. The van der Waals surface area contributed by atoms with Gasteiger partial charge in [-0.15, -0.1) is 0 Å². The molecular formula is C20H26FN3O2. The van der Waals surface area contributed by atoms with Gasteiger partial charge >= 0.3 is 0 Å². The Kier molecular flexibility index (Phi) is 5.41. The summed E-state index contributed by atoms with van der Waals surface area (Å²) in [5, 5.41) is 14.3. The third kappa shape index (κ3) is 4.12. The summed E-state index contributed by atoms with van der Waals surface area (Å²) in [6.07, 6.45) is 1.80. The summed E-state index contributed by atoms with van der Waals surface area (Å²) in [5.41, 5.74) is 2.65. The maximum absolute atomic E-state index is 13.1. The van der Waals surface area contributed by atoms with Gasteiger partial charge in [-0.05, 0) is 50.5 Å². The van der Waals surface area contributed by atoms with Crippen LogP contribution in [0.15, 0.2) is 30.3 Å². The molecule has 140 valence electrons. The predicted octanol–water partition coefficient (Wildman–Crippen LogP) is 2.48. The minimum Gasteiger partial charge on any atom is -0.396 e. The first-order valence-corrected chi connectivity index (χ1v) is 9.05. The zero-order chi connectivity index (χ0) is 18.7. The fraction of sp³-hybridized carbons (Fsp3) is 0.500. The van der Waals surface area contributed by atoms with Crippen LogP contribution in [0.1, 0.15) is 29.8 Å². The molecule has 1 atom stereocenters. The fourth-order valence-corrected chi connectivity index (χ4v) is 3.77. The first-order chi connectivity index (χ1) is 12.4. The van der Waals surface area contributed by atoms with Gasteiger partial charge < -0.3 is 10.0 Å². The summed E-state index contributed by atoms with van der Waals surface area (Å²) in [7, 11) is 0. The maximum atomic E-state index is 13.1. The number of benzene rings is 1. The number of aliphatic hydroxyl groups is 1. The molecule has 1 unspecified atom stereocenters. The number of aliphatic hydroxyl groups excluding tert-OH is 1. The van der Waals surface area contributed by atoms with Crippen LogP contribution in [-0.4, -0.2) is 45.4 Å². The molecule has 3 rings (SSSR count). The van der Waals surface area contributed by atoms with Crippen molar-refractivity contribution in [3.05, 3.63) is 53.1 Å². The van der Waals surface area contributed by atoms with Crippen molar-refractivity contribution in [3.8, 4) is 0 Å². The number of aryl methyl sites for hydroxylation is 3. The molecule has 1 aromatic carbocycles. The number of nitrogens with zero attached hydrogens (tertiary/aromatic N) is 3. The zero-order valence-electron chi connectivity index (χ0n) is 15.4. The molecule has 0 aliphatic carbocycles. The van der Waals surface area contributed by atoms with E-state index in [4.69, 9.17) is 0 Å². The van der Waals surface area contributed by atoms with E-state index < -0.39 is 0 Å². The molecular weight excluding hydrogens is 333 g/mol. The largest absolute Gasteiger partial charge is 0.396 e. The Morgan fingerprint density at radius 2 is 2.04 bits per heavy atom. The van der Waals surface area contributed by atoms with Crippen molar-refractivity contribution >= 4 is 5.91 Å². The van der Waals surface area contributed by atoms with E-state index in [1.807, 2.05) is 29.5 Å². The molecule has 0 radical (unpaired) electrons. The third-order valence-corrected chi connectivity index (χ3v) is 5.26. The van der Waals surface area contributed by atoms with Gasteiger partial charge in [-0.25, -0.2) is 4.39 Å². The standard InChI is InChI=1S/C20H26FN3O2/c1-15-11-16(2)24(22-15)9-7-19(26)23-10-8-20(13-23,14-25)12-17-3-5-18(21)6-4-17/h3-6,11,25H,7-10,12-14H2,1-2H3. The van der Waals surface area contributed by atoms with Gasteiger partial charge in [0.05, 0.1) is 12.3 Å². The maximum Gasteiger partial charge on any atom is 0.224 e. The molecule has 1 saturated heterocycles. The molecule has 1 aliphatic heterocycles. The highest BCUT2D eigenvalue weighted by Crippen LogP contribution is 2.34. The predicted molar refractivity (Wildman–Crippen MR) is 97.1 cm³/mol. The molecule has 5 nitrogen and oxygen atoms in total. The number of halogens is 1. The quantitative estimate of drug-likeness (QED) is 0.862. The summed E-state index contributed by atoms with van der Waals surface area (Å²) in [6, 6.07) is 8.37. The van der Waals surface area contributed by atoms with Crippen molar-refractivity contribution in [1.29, 1.82) is 0 Å². The lowest BCUT2D eigenvalue weighted by Gasteiger charge is -2.27. The third-order valence-electron chi connectivity index (χ3n) is 5.26. The van der Waals surface area contributed by atoms with Crippen LogP contribution in [0.3, 0.4) is 0 Å². The molecule has 0 spiro atoms. The molecule has 1 amide bonds. The number of hydrogen-bond acceptors (Lipinski definition) is 3. The minimum atomic E-state index is -0.342. The van der Waals surface area contributed by atoms with E-state index in [2.05, 4.69) is 5.10 Å². The van der Waals surface area contributed by atoms with Crippen LogP contribution in [0.2, 0.25) is 0 Å². The first kappa shape index (κ1) is 18.6. The number of aromatic nitrogens is 2. The van der Waals surface area contributed by atoms with Crippen molar-refractivity contribution in [2.45, 2.75) is 39.7 Å². The van der Waals surface area contributed by atoms with Crippen LogP contribution in [0.5, 0.6) is 0 Å². The van der Waals surface area contributed by atoms with Crippen molar-refractivity contribution < 1.29 is 14.3 Å². The molecule has 1 aliphatic rings. The van der Waals surface area contributed by atoms with E-state index in [-0.39, 0.29) is 23.7 Å². The van der Waals surface area contributed by atoms with Crippen LogP contribution >= 0.6 is 0 Å². The lowest BCUT2D eigenvalue weighted by molar-refractivity contribution is -0.131. The molecule has 2 heterocycles. The number of carbonyl (C=O) groups excluding carboxylic acids is 1. The number of likely N-dealkylation sites (tertiary alicyclic amines) is 1. The van der Waals surface area contributed by atoms with Crippen LogP contribution < -0.4 is 0 Å². The van der Waals surface area contributed by atoms with E-state index in [9.17, 15) is 14.3 Å². The van der Waals surface area contributed by atoms with Gasteiger partial charge in [-0.1, -0.05) is 12.1 Å². The van der Waals surface area contributed by atoms with Crippen molar-refractivity contribution in [2.75, 3.05) is 19.7 Å². The Morgan fingerprint density at radius 3 is 2.65 bits per heavy atom. The van der Waals surface area contributed by atoms with Crippen molar-refractivity contribution in [2.24, 2.45) is 5.41 Å². The molecule has 1 aromatic heterocycles. The SMILES string of the molecule is Cc1cc(C)n(CCC(=O)N2CCC(CO)(Cc3ccc(F)cc3)C2)n1. The summed E-state index contributed by atoms with van der Waals surface area (Å²) in [5.74, 6) is -0.175. The summed E-state index contributed by atoms with van der Waals surface area (Å²) in [6.45, 7) is 5.70. The van der Waals surface area contributed by atoms with Crippen molar-refractivity contribution in [3.63, 3.8) is 0 Å². The van der Waals surface area contributed by atoms with Gasteiger partial charge in [0.2, 0.25) is 5.91 Å². The zero-order valence-corrected chi connectivity index (χ0v) is 15.4. The lowest BCUT2D eigenvalue weighted by Crippen LogP contribution is -2.35. The van der Waals surface area contributed by atoms with Gasteiger partial charge in [-0.2, -0.15) is 5.10 Å². The van der Waals surface area contributed by atoms with Crippen LogP contribution in [-0.2, 0) is 17.8 Å². The highest BCUT2D eigenvalue weighted by Gasteiger charge is 2.39. The molecule has 2 aromatic rings. The number of rotatable bonds is 6. The van der Waals surface area contributed by atoms with Gasteiger partial charge in [0.25, 0.3) is 0 Å². The Labute approximate surface area is 153 Å². The molecule has 6 heteroatoms. The van der Waals surface area contributed by atoms with E-state index >= 15 is 0 Å². The van der Waals surface area contributed by atoms with E-state index in [0.717, 1.165) is 23.4 Å². The summed E-state index contributed by atoms with van der Waals surface area (Å²) >= 11 is 0. The van der Waals surface area contributed by atoms with E-state index in [1.165, 1.54) is 12.1 Å². The molecule has 0 bridgehead atoms. The highest BCUT2D eigenvalue weighted by molar-refractivity contribution is 5.76. The Hall–Kier alpha value is -2.21. The Balaban J connectivity index is 1.59.